The van der Waals surface area contributed by atoms with Gasteiger partial charge in [0.15, 0.2) is 0 Å². The lowest BCUT2D eigenvalue weighted by Gasteiger charge is -2.38. The molecule has 1 aliphatic carbocycles. The van der Waals surface area contributed by atoms with Gasteiger partial charge >= 0.3 is 0 Å². The Balaban J connectivity index is 1.56. The van der Waals surface area contributed by atoms with Gasteiger partial charge in [-0.05, 0) is 43.4 Å². The van der Waals surface area contributed by atoms with E-state index in [1.807, 2.05) is 36.4 Å². The molecular formula is C24H26N2O. The SMILES string of the molecule is CC(Cc1ccccc1)(CC1CCC1)NC(=O)c1cnc2ccccc2c1. The van der Waals surface area contributed by atoms with Crippen LogP contribution in [0.15, 0.2) is 66.9 Å². The van der Waals surface area contributed by atoms with E-state index in [-0.39, 0.29) is 11.4 Å². The summed E-state index contributed by atoms with van der Waals surface area (Å²) in [4.78, 5) is 17.5. The van der Waals surface area contributed by atoms with E-state index >= 15 is 0 Å². The second-order valence-corrected chi connectivity index (χ2v) is 8.09. The minimum atomic E-state index is -0.255. The molecule has 1 aliphatic rings. The van der Waals surface area contributed by atoms with Crippen LogP contribution in [0, 0.1) is 5.92 Å². The summed E-state index contributed by atoms with van der Waals surface area (Å²) in [6, 6.07) is 20.3. The van der Waals surface area contributed by atoms with Crippen LogP contribution in [0.25, 0.3) is 10.9 Å². The first-order valence-corrected chi connectivity index (χ1v) is 9.83. The third-order valence-electron chi connectivity index (χ3n) is 5.67. The molecule has 3 heteroatoms. The summed E-state index contributed by atoms with van der Waals surface area (Å²) in [6.07, 6.45) is 7.42. The number of aromatic nitrogens is 1. The summed E-state index contributed by atoms with van der Waals surface area (Å²) >= 11 is 0. The van der Waals surface area contributed by atoms with Crippen molar-refractivity contribution in [3.63, 3.8) is 0 Å². The molecule has 1 atom stereocenters. The summed E-state index contributed by atoms with van der Waals surface area (Å²) in [5.41, 5.74) is 2.54. The first-order valence-electron chi connectivity index (χ1n) is 9.83. The Kier molecular flexibility index (Phi) is 4.93. The molecule has 3 nitrogen and oxygen atoms in total. The molecule has 1 unspecified atom stereocenters. The molecule has 0 aliphatic heterocycles. The first-order chi connectivity index (χ1) is 13.1. The van der Waals surface area contributed by atoms with Gasteiger partial charge in [0.05, 0.1) is 11.1 Å². The lowest BCUT2D eigenvalue weighted by molar-refractivity contribution is 0.0877. The molecule has 0 radical (unpaired) electrons. The molecule has 2 aromatic carbocycles. The molecule has 1 aromatic heterocycles. The monoisotopic (exact) mass is 358 g/mol. The van der Waals surface area contributed by atoms with Gasteiger partial charge in [-0.15, -0.1) is 0 Å². The van der Waals surface area contributed by atoms with Gasteiger partial charge in [-0.2, -0.15) is 0 Å². The van der Waals surface area contributed by atoms with Crippen molar-refractivity contribution in [3.05, 3.63) is 78.0 Å². The van der Waals surface area contributed by atoms with Crippen LogP contribution in [-0.2, 0) is 6.42 Å². The standard InChI is InChI=1S/C24H26N2O/c1-24(16-19-10-7-11-19,15-18-8-3-2-4-9-18)26-23(27)21-14-20-12-5-6-13-22(20)25-17-21/h2-6,8-9,12-14,17,19H,7,10-11,15-16H2,1H3,(H,26,27). The van der Waals surface area contributed by atoms with E-state index in [0.29, 0.717) is 11.5 Å². The van der Waals surface area contributed by atoms with E-state index in [4.69, 9.17) is 0 Å². The molecular weight excluding hydrogens is 332 g/mol. The van der Waals surface area contributed by atoms with Crippen LogP contribution in [0.3, 0.4) is 0 Å². The number of carbonyl (C=O) groups is 1. The molecule has 0 saturated heterocycles. The van der Waals surface area contributed by atoms with Crippen molar-refractivity contribution in [3.8, 4) is 0 Å². The molecule has 0 spiro atoms. The third kappa shape index (κ3) is 4.19. The average Bonchev–Trinajstić information content (AvgIpc) is 2.65. The number of rotatable bonds is 6. The van der Waals surface area contributed by atoms with Crippen molar-refractivity contribution in [1.29, 1.82) is 0 Å². The van der Waals surface area contributed by atoms with E-state index in [0.717, 1.165) is 23.7 Å². The number of hydrogen-bond donors (Lipinski definition) is 1. The second kappa shape index (κ2) is 7.51. The number of fused-ring (bicyclic) bond motifs is 1. The summed E-state index contributed by atoms with van der Waals surface area (Å²) in [5, 5.41) is 4.34. The van der Waals surface area contributed by atoms with Crippen molar-refractivity contribution in [2.24, 2.45) is 5.92 Å². The molecule has 27 heavy (non-hydrogen) atoms. The number of benzene rings is 2. The van der Waals surface area contributed by atoms with E-state index in [2.05, 4.69) is 41.5 Å². The quantitative estimate of drug-likeness (QED) is 0.661. The highest BCUT2D eigenvalue weighted by Crippen LogP contribution is 2.35. The lowest BCUT2D eigenvalue weighted by atomic mass is 9.74. The Hall–Kier alpha value is -2.68. The maximum absolute atomic E-state index is 13.0. The third-order valence-corrected chi connectivity index (χ3v) is 5.67. The summed E-state index contributed by atoms with van der Waals surface area (Å²) in [6.45, 7) is 2.19. The molecule has 1 amide bonds. The molecule has 0 bridgehead atoms. The van der Waals surface area contributed by atoms with Crippen LogP contribution < -0.4 is 5.32 Å². The normalized spacial score (nSPS) is 16.5. The number of hydrogen-bond acceptors (Lipinski definition) is 2. The van der Waals surface area contributed by atoms with E-state index in [1.165, 1.54) is 24.8 Å². The van der Waals surface area contributed by atoms with Crippen molar-refractivity contribution >= 4 is 16.8 Å². The fraction of sp³-hybridized carbons (Fsp3) is 0.333. The molecule has 1 saturated carbocycles. The minimum absolute atomic E-state index is 0.0361. The number of para-hydroxylation sites is 1. The fourth-order valence-corrected chi connectivity index (χ4v) is 4.09. The van der Waals surface area contributed by atoms with Gasteiger partial charge < -0.3 is 5.32 Å². The fourth-order valence-electron chi connectivity index (χ4n) is 4.09. The van der Waals surface area contributed by atoms with Crippen LogP contribution in [0.1, 0.15) is 48.5 Å². The van der Waals surface area contributed by atoms with E-state index < -0.39 is 0 Å². The molecule has 1 heterocycles. The van der Waals surface area contributed by atoms with Gasteiger partial charge in [0.2, 0.25) is 0 Å². The molecule has 4 rings (SSSR count). The van der Waals surface area contributed by atoms with Gasteiger partial charge in [0, 0.05) is 17.1 Å². The van der Waals surface area contributed by atoms with Crippen LogP contribution in [0.2, 0.25) is 0 Å². The number of nitrogens with one attached hydrogen (secondary N) is 1. The number of amides is 1. The zero-order chi connectivity index (χ0) is 18.7. The molecule has 3 aromatic rings. The van der Waals surface area contributed by atoms with Crippen molar-refractivity contribution in [1.82, 2.24) is 10.3 Å². The summed E-state index contributed by atoms with van der Waals surface area (Å²) in [5.74, 6) is 0.680. The highest BCUT2D eigenvalue weighted by atomic mass is 16.1. The van der Waals surface area contributed by atoms with Gasteiger partial charge in [-0.1, -0.05) is 67.8 Å². The van der Waals surface area contributed by atoms with Gasteiger partial charge in [0.25, 0.3) is 5.91 Å². The Morgan fingerprint density at radius 1 is 1.11 bits per heavy atom. The van der Waals surface area contributed by atoms with Crippen LogP contribution in [-0.4, -0.2) is 16.4 Å². The maximum Gasteiger partial charge on any atom is 0.253 e. The number of carbonyl (C=O) groups excluding carboxylic acids is 1. The zero-order valence-electron chi connectivity index (χ0n) is 15.8. The van der Waals surface area contributed by atoms with Gasteiger partial charge in [-0.3, -0.25) is 9.78 Å². The predicted molar refractivity (Wildman–Crippen MR) is 110 cm³/mol. The zero-order valence-corrected chi connectivity index (χ0v) is 15.8. The summed E-state index contributed by atoms with van der Waals surface area (Å²) < 4.78 is 0. The maximum atomic E-state index is 13.0. The molecule has 1 N–H and O–H groups in total. The number of nitrogens with zero attached hydrogens (tertiary/aromatic N) is 1. The van der Waals surface area contributed by atoms with Crippen LogP contribution in [0.5, 0.6) is 0 Å². The second-order valence-electron chi connectivity index (χ2n) is 8.09. The molecule has 1 fully saturated rings. The molecule has 138 valence electrons. The Morgan fingerprint density at radius 2 is 1.85 bits per heavy atom. The average molecular weight is 358 g/mol. The highest BCUT2D eigenvalue weighted by Gasteiger charge is 2.33. The van der Waals surface area contributed by atoms with Crippen LogP contribution >= 0.6 is 0 Å². The van der Waals surface area contributed by atoms with Gasteiger partial charge in [0.1, 0.15) is 0 Å². The Morgan fingerprint density at radius 3 is 2.59 bits per heavy atom. The van der Waals surface area contributed by atoms with Crippen molar-refractivity contribution in [2.75, 3.05) is 0 Å². The predicted octanol–water partition coefficient (Wildman–Crippen LogP) is 5.16. The van der Waals surface area contributed by atoms with Gasteiger partial charge in [-0.25, -0.2) is 0 Å². The van der Waals surface area contributed by atoms with Crippen molar-refractivity contribution < 1.29 is 4.79 Å². The Bertz CT molecular complexity index is 933. The highest BCUT2D eigenvalue weighted by molar-refractivity contribution is 5.97. The summed E-state index contributed by atoms with van der Waals surface area (Å²) in [7, 11) is 0. The lowest BCUT2D eigenvalue weighted by Crippen LogP contribution is -2.49. The topological polar surface area (TPSA) is 42.0 Å². The minimum Gasteiger partial charge on any atom is -0.346 e. The van der Waals surface area contributed by atoms with Crippen molar-refractivity contribution in [2.45, 2.75) is 44.6 Å². The largest absolute Gasteiger partial charge is 0.346 e. The van der Waals surface area contributed by atoms with Crippen LogP contribution in [0.4, 0.5) is 0 Å². The first kappa shape index (κ1) is 17.7. The smallest absolute Gasteiger partial charge is 0.253 e. The van der Waals surface area contributed by atoms with E-state index in [9.17, 15) is 4.79 Å². The van der Waals surface area contributed by atoms with E-state index in [1.54, 1.807) is 6.20 Å². The Labute approximate surface area is 160 Å². The number of pyridine rings is 1.